The van der Waals surface area contributed by atoms with Crippen LogP contribution in [0.3, 0.4) is 0 Å². The molecule has 2 aromatic rings. The summed E-state index contributed by atoms with van der Waals surface area (Å²) in [6, 6.07) is 5.55. The fourth-order valence-corrected chi connectivity index (χ4v) is 1.77. The van der Waals surface area contributed by atoms with E-state index in [0.717, 1.165) is 17.8 Å². The molecule has 0 aliphatic carbocycles. The predicted octanol–water partition coefficient (Wildman–Crippen LogP) is 3.88. The minimum Gasteiger partial charge on any atom is -0.337 e. The second kappa shape index (κ2) is 4.25. The molecule has 0 unspecified atom stereocenters. The summed E-state index contributed by atoms with van der Waals surface area (Å²) in [4.78, 5) is 4.28. The van der Waals surface area contributed by atoms with Crippen molar-refractivity contribution in [3.8, 4) is 11.3 Å². The molecule has 1 heterocycles. The Morgan fingerprint density at radius 3 is 2.80 bits per heavy atom. The van der Waals surface area contributed by atoms with E-state index < -0.39 is 0 Å². The molecular weight excluding hydrogens is 231 g/mol. The van der Waals surface area contributed by atoms with E-state index in [9.17, 15) is 0 Å². The number of rotatable bonds is 2. The maximum atomic E-state index is 6.10. The van der Waals surface area contributed by atoms with Crippen LogP contribution in [0, 0.1) is 0 Å². The third kappa shape index (κ3) is 2.01. The molecule has 0 bridgehead atoms. The van der Waals surface area contributed by atoms with Crippen molar-refractivity contribution in [1.82, 2.24) is 9.55 Å². The number of halogens is 2. The number of aryl methyl sites for hydroxylation is 1. The molecule has 1 aromatic heterocycles. The zero-order chi connectivity index (χ0) is 10.8. The van der Waals surface area contributed by atoms with Crippen LogP contribution in [0.2, 0.25) is 10.0 Å². The average molecular weight is 241 g/mol. The van der Waals surface area contributed by atoms with Crippen molar-refractivity contribution in [3.63, 3.8) is 0 Å². The van der Waals surface area contributed by atoms with Crippen LogP contribution in [0.15, 0.2) is 30.7 Å². The normalized spacial score (nSPS) is 10.6. The van der Waals surface area contributed by atoms with Crippen LogP contribution in [-0.4, -0.2) is 9.55 Å². The zero-order valence-corrected chi connectivity index (χ0v) is 9.76. The van der Waals surface area contributed by atoms with E-state index in [0.29, 0.717) is 10.0 Å². The summed E-state index contributed by atoms with van der Waals surface area (Å²) in [5, 5.41) is 1.11. The summed E-state index contributed by atoms with van der Waals surface area (Å²) in [6.07, 6.45) is 3.74. The average Bonchev–Trinajstić information content (AvgIpc) is 2.70. The van der Waals surface area contributed by atoms with Gasteiger partial charge in [-0.15, -0.1) is 0 Å². The van der Waals surface area contributed by atoms with Crippen LogP contribution in [0.5, 0.6) is 0 Å². The Morgan fingerprint density at radius 1 is 1.33 bits per heavy atom. The Labute approximate surface area is 98.5 Å². The lowest BCUT2D eigenvalue weighted by Gasteiger charge is -2.01. The molecule has 0 amide bonds. The van der Waals surface area contributed by atoms with Gasteiger partial charge < -0.3 is 4.57 Å². The Kier molecular flexibility index (Phi) is 2.98. The number of imidazole rings is 1. The summed E-state index contributed by atoms with van der Waals surface area (Å²) >= 11 is 12.0. The zero-order valence-electron chi connectivity index (χ0n) is 8.24. The predicted molar refractivity (Wildman–Crippen MR) is 63.4 cm³/mol. The van der Waals surface area contributed by atoms with Crippen LogP contribution in [0.25, 0.3) is 11.3 Å². The first kappa shape index (κ1) is 10.5. The molecule has 78 valence electrons. The molecule has 0 atom stereocenters. The molecular formula is C11H10Cl2N2. The van der Waals surface area contributed by atoms with Gasteiger partial charge in [0.05, 0.1) is 22.1 Å². The molecule has 1 aromatic carbocycles. The van der Waals surface area contributed by atoms with E-state index in [2.05, 4.69) is 11.9 Å². The molecule has 0 aliphatic rings. The minimum atomic E-state index is 0.556. The number of hydrogen-bond acceptors (Lipinski definition) is 1. The van der Waals surface area contributed by atoms with Gasteiger partial charge in [-0.1, -0.05) is 35.3 Å². The highest BCUT2D eigenvalue weighted by atomic mass is 35.5. The molecule has 0 radical (unpaired) electrons. The number of benzene rings is 1. The lowest BCUT2D eigenvalue weighted by Crippen LogP contribution is -1.86. The number of nitrogens with zero attached hydrogens (tertiary/aromatic N) is 2. The molecule has 0 spiro atoms. The topological polar surface area (TPSA) is 17.8 Å². The summed E-state index contributed by atoms with van der Waals surface area (Å²) in [7, 11) is 0. The van der Waals surface area contributed by atoms with Gasteiger partial charge in [0.15, 0.2) is 0 Å². The Hall–Kier alpha value is -0.990. The maximum Gasteiger partial charge on any atom is 0.0953 e. The highest BCUT2D eigenvalue weighted by Gasteiger charge is 2.08. The molecule has 0 N–H and O–H groups in total. The molecule has 15 heavy (non-hydrogen) atoms. The fraction of sp³-hybridized carbons (Fsp3) is 0.182. The first-order valence-electron chi connectivity index (χ1n) is 4.68. The van der Waals surface area contributed by atoms with Gasteiger partial charge >= 0.3 is 0 Å². The van der Waals surface area contributed by atoms with Crippen LogP contribution < -0.4 is 0 Å². The van der Waals surface area contributed by atoms with Crippen molar-refractivity contribution >= 4 is 23.2 Å². The van der Waals surface area contributed by atoms with Crippen LogP contribution in [0.4, 0.5) is 0 Å². The van der Waals surface area contributed by atoms with Crippen LogP contribution in [0.1, 0.15) is 6.92 Å². The Bertz CT molecular complexity index is 477. The van der Waals surface area contributed by atoms with Crippen molar-refractivity contribution in [1.29, 1.82) is 0 Å². The Morgan fingerprint density at radius 2 is 2.13 bits per heavy atom. The lowest BCUT2D eigenvalue weighted by atomic mass is 10.2. The van der Waals surface area contributed by atoms with Gasteiger partial charge in [-0.25, -0.2) is 4.98 Å². The largest absolute Gasteiger partial charge is 0.337 e. The fourth-order valence-electron chi connectivity index (χ4n) is 1.37. The third-order valence-corrected chi connectivity index (χ3v) is 3.04. The first-order chi connectivity index (χ1) is 7.22. The summed E-state index contributed by atoms with van der Waals surface area (Å²) < 4.78 is 1.99. The first-order valence-corrected chi connectivity index (χ1v) is 5.44. The van der Waals surface area contributed by atoms with Crippen molar-refractivity contribution < 1.29 is 0 Å². The quantitative estimate of drug-likeness (QED) is 0.780. The van der Waals surface area contributed by atoms with Crippen molar-refractivity contribution in [2.45, 2.75) is 13.5 Å². The van der Waals surface area contributed by atoms with Crippen molar-refractivity contribution in [2.24, 2.45) is 0 Å². The highest BCUT2D eigenvalue weighted by molar-refractivity contribution is 6.43. The standard InChI is InChI=1S/C11H10Cl2N2/c1-2-15-6-10(14-7-15)8-4-3-5-9(12)11(8)13/h3-7H,2H2,1H3. The summed E-state index contributed by atoms with van der Waals surface area (Å²) in [6.45, 7) is 2.95. The van der Waals surface area contributed by atoms with E-state index in [1.807, 2.05) is 22.9 Å². The van der Waals surface area contributed by atoms with Crippen molar-refractivity contribution in [3.05, 3.63) is 40.8 Å². The van der Waals surface area contributed by atoms with Gasteiger partial charge in [0.25, 0.3) is 0 Å². The minimum absolute atomic E-state index is 0.556. The van der Waals surface area contributed by atoms with Gasteiger partial charge in [0.1, 0.15) is 0 Å². The second-order valence-electron chi connectivity index (χ2n) is 3.19. The van der Waals surface area contributed by atoms with E-state index in [4.69, 9.17) is 23.2 Å². The monoisotopic (exact) mass is 240 g/mol. The van der Waals surface area contributed by atoms with E-state index in [1.54, 1.807) is 12.4 Å². The van der Waals surface area contributed by atoms with Gasteiger partial charge in [0.2, 0.25) is 0 Å². The molecule has 0 saturated carbocycles. The van der Waals surface area contributed by atoms with E-state index in [1.165, 1.54) is 0 Å². The summed E-state index contributed by atoms with van der Waals surface area (Å²) in [5.74, 6) is 0. The molecule has 2 nitrogen and oxygen atoms in total. The molecule has 0 saturated heterocycles. The number of hydrogen-bond donors (Lipinski definition) is 0. The van der Waals surface area contributed by atoms with Crippen molar-refractivity contribution in [2.75, 3.05) is 0 Å². The molecule has 0 aliphatic heterocycles. The van der Waals surface area contributed by atoms with Gasteiger partial charge in [0, 0.05) is 18.3 Å². The maximum absolute atomic E-state index is 6.10. The van der Waals surface area contributed by atoms with Crippen LogP contribution in [-0.2, 0) is 6.54 Å². The molecule has 2 rings (SSSR count). The highest BCUT2D eigenvalue weighted by Crippen LogP contribution is 2.32. The summed E-state index contributed by atoms with van der Waals surface area (Å²) in [5.41, 5.74) is 1.72. The second-order valence-corrected chi connectivity index (χ2v) is 3.98. The van der Waals surface area contributed by atoms with Crippen LogP contribution >= 0.6 is 23.2 Å². The lowest BCUT2D eigenvalue weighted by molar-refractivity contribution is 0.762. The number of aromatic nitrogens is 2. The molecule has 0 fully saturated rings. The SMILES string of the molecule is CCn1cnc(-c2cccc(Cl)c2Cl)c1. The molecule has 4 heteroatoms. The van der Waals surface area contributed by atoms with E-state index >= 15 is 0 Å². The smallest absolute Gasteiger partial charge is 0.0953 e. The van der Waals surface area contributed by atoms with E-state index in [-0.39, 0.29) is 0 Å². The third-order valence-electron chi connectivity index (χ3n) is 2.23. The van der Waals surface area contributed by atoms with Gasteiger partial charge in [-0.3, -0.25) is 0 Å². The van der Waals surface area contributed by atoms with Gasteiger partial charge in [-0.2, -0.15) is 0 Å². The Balaban J connectivity index is 2.49. The van der Waals surface area contributed by atoms with Gasteiger partial charge in [-0.05, 0) is 13.0 Å².